The van der Waals surface area contributed by atoms with Crippen molar-refractivity contribution in [3.63, 3.8) is 0 Å². The van der Waals surface area contributed by atoms with Gasteiger partial charge in [0.1, 0.15) is 11.4 Å². The molecule has 4 N–H and O–H groups in total. The highest BCUT2D eigenvalue weighted by Gasteiger charge is 2.17. The number of nitrogens with zero attached hydrogens (tertiary/aromatic N) is 2. The van der Waals surface area contributed by atoms with E-state index < -0.39 is 11.5 Å². The molecule has 3 aromatic rings. The SMILES string of the molecule is COC(=O)c1ccc2[nH]c(-c3cncc(C(=O)NCC(C)(C)N)n3)c(C)c2c1. The number of ether oxygens (including phenoxy) is 1. The number of aromatic nitrogens is 3. The van der Waals surface area contributed by atoms with Gasteiger partial charge in [-0.15, -0.1) is 0 Å². The Morgan fingerprint density at radius 3 is 2.71 bits per heavy atom. The standard InChI is InChI=1S/C20H23N5O3/c1-11-13-7-12(19(27)28-4)5-6-14(13)25-17(11)15-8-22-9-16(24-15)18(26)23-10-20(2,3)21/h5-9,25H,10,21H2,1-4H3,(H,23,26). The van der Waals surface area contributed by atoms with Crippen LogP contribution in [0, 0.1) is 6.92 Å². The summed E-state index contributed by atoms with van der Waals surface area (Å²) >= 11 is 0. The van der Waals surface area contributed by atoms with Gasteiger partial charge in [0.25, 0.3) is 5.91 Å². The molecule has 0 saturated heterocycles. The van der Waals surface area contributed by atoms with Crippen molar-refractivity contribution in [1.82, 2.24) is 20.3 Å². The molecule has 0 bridgehead atoms. The average molecular weight is 381 g/mol. The first kappa shape index (κ1) is 19.5. The fraction of sp³-hybridized carbons (Fsp3) is 0.300. The van der Waals surface area contributed by atoms with E-state index in [9.17, 15) is 9.59 Å². The third kappa shape index (κ3) is 4.01. The summed E-state index contributed by atoms with van der Waals surface area (Å²) in [5, 5.41) is 3.63. The van der Waals surface area contributed by atoms with Crippen molar-refractivity contribution in [3.8, 4) is 11.4 Å². The predicted octanol–water partition coefficient (Wildman–Crippen LogP) is 2.19. The molecule has 3 rings (SSSR count). The summed E-state index contributed by atoms with van der Waals surface area (Å²) in [6, 6.07) is 5.27. The van der Waals surface area contributed by atoms with Crippen molar-refractivity contribution in [1.29, 1.82) is 0 Å². The number of H-pyrrole nitrogens is 1. The molecule has 8 heteroatoms. The third-order valence-electron chi connectivity index (χ3n) is 4.31. The summed E-state index contributed by atoms with van der Waals surface area (Å²) in [4.78, 5) is 36.0. The van der Waals surface area contributed by atoms with Crippen LogP contribution in [0.5, 0.6) is 0 Å². The zero-order chi connectivity index (χ0) is 20.5. The molecule has 8 nitrogen and oxygen atoms in total. The van der Waals surface area contributed by atoms with Crippen molar-refractivity contribution >= 4 is 22.8 Å². The number of methoxy groups -OCH3 is 1. The van der Waals surface area contributed by atoms with Crippen molar-refractivity contribution in [2.45, 2.75) is 26.3 Å². The van der Waals surface area contributed by atoms with Gasteiger partial charge in [-0.05, 0) is 44.5 Å². The number of aryl methyl sites for hydroxylation is 1. The molecule has 28 heavy (non-hydrogen) atoms. The number of aromatic amines is 1. The summed E-state index contributed by atoms with van der Waals surface area (Å²) < 4.78 is 4.78. The molecule has 0 fully saturated rings. The Bertz CT molecular complexity index is 1050. The number of hydrogen-bond acceptors (Lipinski definition) is 6. The molecule has 0 spiro atoms. The number of benzene rings is 1. The zero-order valence-corrected chi connectivity index (χ0v) is 16.3. The number of rotatable bonds is 5. The van der Waals surface area contributed by atoms with E-state index in [0.29, 0.717) is 17.8 Å². The summed E-state index contributed by atoms with van der Waals surface area (Å²) in [7, 11) is 1.35. The van der Waals surface area contributed by atoms with Gasteiger partial charge in [0.2, 0.25) is 0 Å². The van der Waals surface area contributed by atoms with E-state index in [2.05, 4.69) is 20.3 Å². The van der Waals surface area contributed by atoms with Crippen LogP contribution in [-0.2, 0) is 4.74 Å². The van der Waals surface area contributed by atoms with Gasteiger partial charge in [0.05, 0.1) is 30.8 Å². The Labute approximate surface area is 162 Å². The first-order valence-electron chi connectivity index (χ1n) is 8.80. The van der Waals surface area contributed by atoms with Gasteiger partial charge in [0.15, 0.2) is 0 Å². The van der Waals surface area contributed by atoms with Gasteiger partial charge in [-0.25, -0.2) is 9.78 Å². The minimum atomic E-state index is -0.522. The Morgan fingerprint density at radius 1 is 1.29 bits per heavy atom. The molecule has 0 saturated carbocycles. The fourth-order valence-corrected chi connectivity index (χ4v) is 2.82. The third-order valence-corrected chi connectivity index (χ3v) is 4.31. The molecule has 0 unspecified atom stereocenters. The van der Waals surface area contributed by atoms with E-state index in [4.69, 9.17) is 10.5 Å². The maximum absolute atomic E-state index is 12.4. The number of esters is 1. The number of hydrogen-bond donors (Lipinski definition) is 3. The maximum atomic E-state index is 12.4. The van der Waals surface area contributed by atoms with Crippen LogP contribution in [0.15, 0.2) is 30.6 Å². The van der Waals surface area contributed by atoms with Gasteiger partial charge in [-0.3, -0.25) is 9.78 Å². The smallest absolute Gasteiger partial charge is 0.337 e. The average Bonchev–Trinajstić information content (AvgIpc) is 3.01. The monoisotopic (exact) mass is 381 g/mol. The highest BCUT2D eigenvalue weighted by Crippen LogP contribution is 2.29. The second-order valence-electron chi connectivity index (χ2n) is 7.34. The zero-order valence-electron chi connectivity index (χ0n) is 16.3. The second kappa shape index (κ2) is 7.40. The van der Waals surface area contributed by atoms with Crippen LogP contribution in [0.3, 0.4) is 0 Å². The molecule has 2 aromatic heterocycles. The molecule has 0 atom stereocenters. The lowest BCUT2D eigenvalue weighted by molar-refractivity contribution is 0.0600. The van der Waals surface area contributed by atoms with E-state index in [1.165, 1.54) is 13.3 Å². The highest BCUT2D eigenvalue weighted by molar-refractivity contribution is 5.98. The number of carbonyl (C=O) groups excluding carboxylic acids is 2. The minimum absolute atomic E-state index is 0.204. The van der Waals surface area contributed by atoms with Crippen LogP contribution < -0.4 is 11.1 Å². The lowest BCUT2D eigenvalue weighted by atomic mass is 10.1. The Morgan fingerprint density at radius 2 is 2.04 bits per heavy atom. The van der Waals surface area contributed by atoms with Gasteiger partial charge in [-0.2, -0.15) is 0 Å². The molecular weight excluding hydrogens is 358 g/mol. The lowest BCUT2D eigenvalue weighted by Gasteiger charge is -2.18. The largest absolute Gasteiger partial charge is 0.465 e. The number of carbonyl (C=O) groups is 2. The van der Waals surface area contributed by atoms with Crippen molar-refractivity contribution in [2.24, 2.45) is 5.73 Å². The van der Waals surface area contributed by atoms with Gasteiger partial charge in [-0.1, -0.05) is 0 Å². The van der Waals surface area contributed by atoms with Crippen molar-refractivity contribution in [3.05, 3.63) is 47.4 Å². The van der Waals surface area contributed by atoms with Gasteiger partial charge < -0.3 is 20.8 Å². The second-order valence-corrected chi connectivity index (χ2v) is 7.34. The predicted molar refractivity (Wildman–Crippen MR) is 106 cm³/mol. The van der Waals surface area contributed by atoms with Crippen LogP contribution >= 0.6 is 0 Å². The fourth-order valence-electron chi connectivity index (χ4n) is 2.82. The van der Waals surface area contributed by atoms with E-state index in [1.54, 1.807) is 18.3 Å². The molecule has 0 radical (unpaired) electrons. The Balaban J connectivity index is 1.95. The maximum Gasteiger partial charge on any atom is 0.337 e. The van der Waals surface area contributed by atoms with E-state index in [-0.39, 0.29) is 11.6 Å². The summed E-state index contributed by atoms with van der Waals surface area (Å²) in [6.07, 6.45) is 3.00. The van der Waals surface area contributed by atoms with Crippen molar-refractivity contribution < 1.29 is 14.3 Å². The first-order chi connectivity index (χ1) is 13.2. The number of fused-ring (bicyclic) bond motifs is 1. The summed E-state index contributed by atoms with van der Waals surface area (Å²) in [5.41, 5.74) is 9.06. The van der Waals surface area contributed by atoms with Crippen LogP contribution in [-0.4, -0.2) is 46.0 Å². The molecular formula is C20H23N5O3. The number of nitrogens with two attached hydrogens (primary N) is 1. The Hall–Kier alpha value is -3.26. The number of amides is 1. The van der Waals surface area contributed by atoms with Crippen LogP contribution in [0.1, 0.15) is 40.3 Å². The minimum Gasteiger partial charge on any atom is -0.465 e. The molecule has 0 aliphatic rings. The summed E-state index contributed by atoms with van der Waals surface area (Å²) in [5.74, 6) is -0.736. The molecule has 1 amide bonds. The normalized spacial score (nSPS) is 11.5. The molecule has 1 aromatic carbocycles. The molecule has 0 aliphatic carbocycles. The van der Waals surface area contributed by atoms with Gasteiger partial charge in [0, 0.05) is 23.0 Å². The topological polar surface area (TPSA) is 123 Å². The van der Waals surface area contributed by atoms with E-state index in [1.807, 2.05) is 26.8 Å². The van der Waals surface area contributed by atoms with Crippen LogP contribution in [0.25, 0.3) is 22.3 Å². The van der Waals surface area contributed by atoms with Gasteiger partial charge >= 0.3 is 5.97 Å². The molecule has 0 aliphatic heterocycles. The van der Waals surface area contributed by atoms with E-state index in [0.717, 1.165) is 22.2 Å². The van der Waals surface area contributed by atoms with Crippen LogP contribution in [0.4, 0.5) is 0 Å². The van der Waals surface area contributed by atoms with Crippen LogP contribution in [0.2, 0.25) is 0 Å². The lowest BCUT2D eigenvalue weighted by Crippen LogP contribution is -2.45. The number of nitrogens with one attached hydrogen (secondary N) is 2. The van der Waals surface area contributed by atoms with E-state index >= 15 is 0 Å². The van der Waals surface area contributed by atoms with Crippen molar-refractivity contribution in [2.75, 3.05) is 13.7 Å². The molecule has 2 heterocycles. The summed E-state index contributed by atoms with van der Waals surface area (Å²) in [6.45, 7) is 5.89. The quantitative estimate of drug-likeness (QED) is 0.582. The Kier molecular flexibility index (Phi) is 5.15. The first-order valence-corrected chi connectivity index (χ1v) is 8.80. The molecule has 146 valence electrons. The highest BCUT2D eigenvalue weighted by atomic mass is 16.5.